The lowest BCUT2D eigenvalue weighted by molar-refractivity contribution is -0.135. The van der Waals surface area contributed by atoms with Crippen LogP contribution in [0.5, 0.6) is 0 Å². The van der Waals surface area contributed by atoms with Crippen LogP contribution in [0.2, 0.25) is 0 Å². The summed E-state index contributed by atoms with van der Waals surface area (Å²) in [5.41, 5.74) is 0. The van der Waals surface area contributed by atoms with Crippen LogP contribution >= 0.6 is 23.5 Å². The lowest BCUT2D eigenvalue weighted by Crippen LogP contribution is -2.39. The highest BCUT2D eigenvalue weighted by molar-refractivity contribution is 8.00. The van der Waals surface area contributed by atoms with Crippen molar-refractivity contribution in [2.45, 2.75) is 51.6 Å². The van der Waals surface area contributed by atoms with E-state index in [9.17, 15) is 28.8 Å². The van der Waals surface area contributed by atoms with Gasteiger partial charge in [0.05, 0.1) is 23.0 Å². The number of carbonyl (C=O) groups excluding carboxylic acids is 4. The van der Waals surface area contributed by atoms with Gasteiger partial charge in [-0.1, -0.05) is 0 Å². The molecule has 14 heteroatoms. The third-order valence-electron chi connectivity index (χ3n) is 5.52. The molecule has 2 atom stereocenters. The zero-order chi connectivity index (χ0) is 27.1. The molecule has 2 rings (SSSR count). The molecule has 204 valence electrons. The van der Waals surface area contributed by atoms with Gasteiger partial charge < -0.3 is 30.6 Å². The molecule has 0 aromatic rings. The van der Waals surface area contributed by atoms with E-state index < -0.39 is 11.9 Å². The standard InChI is InChI=1S/2C11H18N2O4S/c2*1-8-2-3-10(15)13(8)5-4-12-9(14)6-18-7-11(16)17/h2*8H,2-7H2,1H3,(H,12,14)(H,16,17)/t2*8-/m10/s1. The molecule has 0 aliphatic carbocycles. The first-order valence-electron chi connectivity index (χ1n) is 11.7. The normalized spacial score (nSPS) is 19.1. The molecule has 4 N–H and O–H groups in total. The summed E-state index contributed by atoms with van der Waals surface area (Å²) in [6.07, 6.45) is 2.93. The highest BCUT2D eigenvalue weighted by Crippen LogP contribution is 2.17. The number of thioether (sulfide) groups is 2. The fourth-order valence-corrected chi connectivity index (χ4v) is 4.77. The van der Waals surface area contributed by atoms with Crippen molar-refractivity contribution < 1.29 is 39.0 Å². The number of aliphatic carboxylic acids is 2. The average molecular weight is 549 g/mol. The maximum absolute atomic E-state index is 11.5. The molecule has 0 aromatic carbocycles. The van der Waals surface area contributed by atoms with Crippen LogP contribution in [0.25, 0.3) is 0 Å². The first-order valence-corrected chi connectivity index (χ1v) is 14.0. The molecule has 2 saturated heterocycles. The summed E-state index contributed by atoms with van der Waals surface area (Å²) in [5, 5.41) is 22.2. The Kier molecular flexibility index (Phi) is 14.9. The van der Waals surface area contributed by atoms with Crippen LogP contribution in [0, 0.1) is 0 Å². The Hall–Kier alpha value is -2.48. The van der Waals surface area contributed by atoms with E-state index in [1.165, 1.54) is 0 Å². The van der Waals surface area contributed by atoms with E-state index in [2.05, 4.69) is 10.6 Å². The van der Waals surface area contributed by atoms with Gasteiger partial charge in [0.15, 0.2) is 0 Å². The Labute approximate surface area is 219 Å². The molecule has 2 heterocycles. The number of nitrogens with zero attached hydrogens (tertiary/aromatic N) is 2. The number of hydrogen-bond donors (Lipinski definition) is 4. The number of carboxylic acid groups (broad SMARTS) is 2. The minimum absolute atomic E-state index is 0.0743. The van der Waals surface area contributed by atoms with E-state index in [1.54, 1.807) is 9.80 Å². The number of nitrogens with one attached hydrogen (secondary N) is 2. The van der Waals surface area contributed by atoms with Gasteiger partial charge in [0, 0.05) is 51.1 Å². The molecule has 0 aromatic heterocycles. The fraction of sp³-hybridized carbons (Fsp3) is 0.727. The predicted molar refractivity (Wildman–Crippen MR) is 137 cm³/mol. The summed E-state index contributed by atoms with van der Waals surface area (Å²) < 4.78 is 0. The molecule has 2 fully saturated rings. The summed E-state index contributed by atoms with van der Waals surface area (Å²) in [6, 6.07) is 0.492. The maximum Gasteiger partial charge on any atom is 0.313 e. The van der Waals surface area contributed by atoms with Crippen LogP contribution in [-0.4, -0.2) is 117 Å². The number of carboxylic acids is 2. The summed E-state index contributed by atoms with van der Waals surface area (Å²) in [5.74, 6) is -1.85. The molecule has 0 saturated carbocycles. The van der Waals surface area contributed by atoms with Crippen LogP contribution in [0.1, 0.15) is 39.5 Å². The monoisotopic (exact) mass is 548 g/mol. The predicted octanol–water partition coefficient (Wildman–Crippen LogP) is -0.137. The number of hydrogen-bond acceptors (Lipinski definition) is 8. The Morgan fingerprint density at radius 2 is 1.11 bits per heavy atom. The second kappa shape index (κ2) is 17.1. The van der Waals surface area contributed by atoms with Gasteiger partial charge in [0.25, 0.3) is 0 Å². The van der Waals surface area contributed by atoms with Gasteiger partial charge in [-0.3, -0.25) is 28.8 Å². The van der Waals surface area contributed by atoms with Crippen LogP contribution in [0.15, 0.2) is 0 Å². The highest BCUT2D eigenvalue weighted by atomic mass is 32.2. The second-order valence-electron chi connectivity index (χ2n) is 8.42. The minimum Gasteiger partial charge on any atom is -0.481 e. The van der Waals surface area contributed by atoms with E-state index in [4.69, 9.17) is 10.2 Å². The molecule has 0 radical (unpaired) electrons. The molecule has 36 heavy (non-hydrogen) atoms. The van der Waals surface area contributed by atoms with Gasteiger partial charge in [-0.05, 0) is 26.7 Å². The smallest absolute Gasteiger partial charge is 0.313 e. The summed E-state index contributed by atoms with van der Waals surface area (Å²) in [7, 11) is 0. The summed E-state index contributed by atoms with van der Waals surface area (Å²) in [6.45, 7) is 5.88. The molecule has 12 nitrogen and oxygen atoms in total. The summed E-state index contributed by atoms with van der Waals surface area (Å²) in [4.78, 5) is 69.6. The van der Waals surface area contributed by atoms with Crippen molar-refractivity contribution in [2.75, 3.05) is 49.2 Å². The van der Waals surface area contributed by atoms with E-state index in [-0.39, 0.29) is 58.7 Å². The van der Waals surface area contributed by atoms with Crippen molar-refractivity contribution in [3.63, 3.8) is 0 Å². The van der Waals surface area contributed by atoms with Crippen LogP contribution in [0.3, 0.4) is 0 Å². The molecular weight excluding hydrogens is 512 g/mol. The zero-order valence-electron chi connectivity index (χ0n) is 20.7. The minimum atomic E-state index is -0.927. The van der Waals surface area contributed by atoms with E-state index in [0.717, 1.165) is 36.4 Å². The Bertz CT molecular complexity index is 734. The van der Waals surface area contributed by atoms with Crippen molar-refractivity contribution in [3.8, 4) is 0 Å². The van der Waals surface area contributed by atoms with Crippen molar-refractivity contribution in [2.24, 2.45) is 0 Å². The molecule has 4 amide bonds. The zero-order valence-corrected chi connectivity index (χ0v) is 22.3. The topological polar surface area (TPSA) is 173 Å². The SMILES string of the molecule is C[C@@H]1CCC(=O)N1CCNC(=O)CSCC(=O)O.C[C@H]1CCC(=O)N1CCNC(=O)CSCC(=O)O. The largest absolute Gasteiger partial charge is 0.481 e. The average Bonchev–Trinajstić information content (AvgIpc) is 3.29. The quantitative estimate of drug-likeness (QED) is 0.229. The molecule has 2 aliphatic heterocycles. The number of amides is 4. The van der Waals surface area contributed by atoms with Gasteiger partial charge in [-0.15, -0.1) is 23.5 Å². The van der Waals surface area contributed by atoms with Gasteiger partial charge >= 0.3 is 11.9 Å². The fourth-order valence-electron chi connectivity index (χ4n) is 3.64. The van der Waals surface area contributed by atoms with E-state index in [1.807, 2.05) is 13.8 Å². The van der Waals surface area contributed by atoms with Crippen LogP contribution < -0.4 is 10.6 Å². The lowest BCUT2D eigenvalue weighted by atomic mass is 10.2. The number of rotatable bonds is 14. The Morgan fingerprint density at radius 1 is 0.750 bits per heavy atom. The first-order chi connectivity index (χ1) is 17.0. The second-order valence-corrected chi connectivity index (χ2v) is 10.4. The van der Waals surface area contributed by atoms with Gasteiger partial charge in [-0.25, -0.2) is 0 Å². The number of likely N-dealkylation sites (tertiary alicyclic amines) is 2. The van der Waals surface area contributed by atoms with Gasteiger partial charge in [0.1, 0.15) is 0 Å². The van der Waals surface area contributed by atoms with Crippen molar-refractivity contribution >= 4 is 59.1 Å². The third kappa shape index (κ3) is 13.0. The van der Waals surface area contributed by atoms with Crippen LogP contribution in [0.4, 0.5) is 0 Å². The third-order valence-corrected chi connectivity index (χ3v) is 7.36. The molecule has 0 unspecified atom stereocenters. The molecule has 2 aliphatic rings. The van der Waals surface area contributed by atoms with Crippen LogP contribution in [-0.2, 0) is 28.8 Å². The molecular formula is C22H36N4O8S2. The summed E-state index contributed by atoms with van der Waals surface area (Å²) >= 11 is 2.12. The molecule has 0 spiro atoms. The Morgan fingerprint density at radius 3 is 1.39 bits per heavy atom. The molecule has 0 bridgehead atoms. The van der Waals surface area contributed by atoms with E-state index >= 15 is 0 Å². The van der Waals surface area contributed by atoms with Gasteiger partial charge in [-0.2, -0.15) is 0 Å². The highest BCUT2D eigenvalue weighted by Gasteiger charge is 2.27. The van der Waals surface area contributed by atoms with Crippen molar-refractivity contribution in [3.05, 3.63) is 0 Å². The lowest BCUT2D eigenvalue weighted by Gasteiger charge is -2.21. The Balaban J connectivity index is 0.000000360. The van der Waals surface area contributed by atoms with Crippen molar-refractivity contribution in [1.29, 1.82) is 0 Å². The van der Waals surface area contributed by atoms with E-state index in [0.29, 0.717) is 39.0 Å². The van der Waals surface area contributed by atoms with Crippen molar-refractivity contribution in [1.82, 2.24) is 20.4 Å². The number of carbonyl (C=O) groups is 6. The first kappa shape index (κ1) is 31.5. The van der Waals surface area contributed by atoms with Gasteiger partial charge in [0.2, 0.25) is 23.6 Å². The maximum atomic E-state index is 11.5.